The topological polar surface area (TPSA) is 16.1 Å². The minimum absolute atomic E-state index is 0.268. The second-order valence-corrected chi connectivity index (χ2v) is 5.39. The Labute approximate surface area is 104 Å². The molecule has 0 saturated carbocycles. The van der Waals surface area contributed by atoms with Gasteiger partial charge in [0.1, 0.15) is 5.82 Å². The third-order valence-electron chi connectivity index (χ3n) is 2.69. The standard InChI is InChI=1S/C11H14BrClN2/c1-8-10(12)4-5-11(14-8)15-6-2-3-9(13)7-15/h4-5,9H,2-3,6-7H2,1H3. The molecule has 0 radical (unpaired) electrons. The lowest BCUT2D eigenvalue weighted by Gasteiger charge is -2.30. The Balaban J connectivity index is 2.18. The maximum absolute atomic E-state index is 6.15. The van der Waals surface area contributed by atoms with Gasteiger partial charge in [-0.25, -0.2) is 4.98 Å². The maximum atomic E-state index is 6.15. The Bertz CT molecular complexity index is 356. The van der Waals surface area contributed by atoms with Crippen molar-refractivity contribution in [2.45, 2.75) is 25.1 Å². The van der Waals surface area contributed by atoms with Gasteiger partial charge in [-0.2, -0.15) is 0 Å². The number of anilines is 1. The molecule has 15 heavy (non-hydrogen) atoms. The second kappa shape index (κ2) is 4.71. The van der Waals surface area contributed by atoms with Crippen molar-refractivity contribution in [2.75, 3.05) is 18.0 Å². The molecule has 1 aromatic rings. The molecule has 0 N–H and O–H groups in total. The Hall–Kier alpha value is -0.280. The van der Waals surface area contributed by atoms with Crippen LogP contribution in [0.2, 0.25) is 0 Å². The van der Waals surface area contributed by atoms with Crippen molar-refractivity contribution in [3.05, 3.63) is 22.3 Å². The normalized spacial score (nSPS) is 21.8. The molecule has 1 aromatic heterocycles. The highest BCUT2D eigenvalue weighted by atomic mass is 79.9. The van der Waals surface area contributed by atoms with Crippen LogP contribution in [0.1, 0.15) is 18.5 Å². The van der Waals surface area contributed by atoms with Gasteiger partial charge >= 0.3 is 0 Å². The fourth-order valence-corrected chi connectivity index (χ4v) is 2.38. The summed E-state index contributed by atoms with van der Waals surface area (Å²) in [5.41, 5.74) is 1.03. The number of pyridine rings is 1. The SMILES string of the molecule is Cc1nc(N2CCCC(Cl)C2)ccc1Br. The van der Waals surface area contributed by atoms with Crippen molar-refractivity contribution >= 4 is 33.3 Å². The third kappa shape index (κ3) is 2.64. The number of halogens is 2. The van der Waals surface area contributed by atoms with Crippen LogP contribution in [0.4, 0.5) is 5.82 Å². The summed E-state index contributed by atoms with van der Waals surface area (Å²) in [4.78, 5) is 6.82. The van der Waals surface area contributed by atoms with Gasteiger partial charge in [-0.3, -0.25) is 0 Å². The van der Waals surface area contributed by atoms with Crippen molar-refractivity contribution in [3.8, 4) is 0 Å². The third-order valence-corrected chi connectivity index (χ3v) is 3.89. The summed E-state index contributed by atoms with van der Waals surface area (Å²) in [7, 11) is 0. The summed E-state index contributed by atoms with van der Waals surface area (Å²) in [6.45, 7) is 3.99. The molecule has 0 spiro atoms. The van der Waals surface area contributed by atoms with E-state index in [9.17, 15) is 0 Å². The minimum Gasteiger partial charge on any atom is -0.355 e. The molecule has 1 saturated heterocycles. The maximum Gasteiger partial charge on any atom is 0.128 e. The quantitative estimate of drug-likeness (QED) is 0.737. The predicted molar refractivity (Wildman–Crippen MR) is 67.8 cm³/mol. The Kier molecular flexibility index (Phi) is 3.52. The zero-order valence-corrected chi connectivity index (χ0v) is 11.1. The molecule has 1 aliphatic heterocycles. The number of aryl methyl sites for hydroxylation is 1. The van der Waals surface area contributed by atoms with E-state index in [1.807, 2.05) is 13.0 Å². The highest BCUT2D eigenvalue weighted by Crippen LogP contribution is 2.23. The van der Waals surface area contributed by atoms with Gasteiger partial charge in [0.25, 0.3) is 0 Å². The minimum atomic E-state index is 0.268. The predicted octanol–water partition coefficient (Wildman–Crippen LogP) is 3.36. The van der Waals surface area contributed by atoms with Crippen molar-refractivity contribution < 1.29 is 0 Å². The number of nitrogens with zero attached hydrogens (tertiary/aromatic N) is 2. The first kappa shape index (κ1) is 11.2. The first-order chi connectivity index (χ1) is 7.16. The number of aromatic nitrogens is 1. The van der Waals surface area contributed by atoms with Gasteiger partial charge < -0.3 is 4.90 Å². The number of piperidine rings is 1. The van der Waals surface area contributed by atoms with E-state index < -0.39 is 0 Å². The van der Waals surface area contributed by atoms with Crippen LogP contribution in [0.3, 0.4) is 0 Å². The van der Waals surface area contributed by atoms with Crippen LogP contribution in [0, 0.1) is 6.92 Å². The fourth-order valence-electron chi connectivity index (χ4n) is 1.84. The lowest BCUT2D eigenvalue weighted by Crippen LogP contribution is -2.36. The van der Waals surface area contributed by atoms with Crippen LogP contribution in [0.5, 0.6) is 0 Å². The molecule has 1 aliphatic rings. The first-order valence-electron chi connectivity index (χ1n) is 5.19. The van der Waals surface area contributed by atoms with E-state index in [1.54, 1.807) is 0 Å². The molecule has 1 atom stereocenters. The van der Waals surface area contributed by atoms with Crippen LogP contribution in [-0.4, -0.2) is 23.5 Å². The van der Waals surface area contributed by atoms with Crippen molar-refractivity contribution in [1.82, 2.24) is 4.98 Å². The molecule has 82 valence electrons. The zero-order chi connectivity index (χ0) is 10.8. The van der Waals surface area contributed by atoms with Crippen molar-refractivity contribution in [1.29, 1.82) is 0 Å². The van der Waals surface area contributed by atoms with Gasteiger partial charge in [0.05, 0.1) is 11.1 Å². The molecule has 4 heteroatoms. The van der Waals surface area contributed by atoms with Crippen LogP contribution in [-0.2, 0) is 0 Å². The van der Waals surface area contributed by atoms with Gasteiger partial charge in [-0.1, -0.05) is 0 Å². The monoisotopic (exact) mass is 288 g/mol. The second-order valence-electron chi connectivity index (χ2n) is 3.92. The summed E-state index contributed by atoms with van der Waals surface area (Å²) >= 11 is 9.61. The molecule has 2 nitrogen and oxygen atoms in total. The zero-order valence-electron chi connectivity index (χ0n) is 8.71. The molecule has 1 fully saturated rings. The van der Waals surface area contributed by atoms with E-state index in [0.29, 0.717) is 0 Å². The molecule has 1 unspecified atom stereocenters. The fraction of sp³-hybridized carbons (Fsp3) is 0.545. The first-order valence-corrected chi connectivity index (χ1v) is 6.42. The van der Waals surface area contributed by atoms with E-state index in [1.165, 1.54) is 0 Å². The molecule has 0 amide bonds. The highest BCUT2D eigenvalue weighted by molar-refractivity contribution is 9.10. The van der Waals surface area contributed by atoms with Gasteiger partial charge in [-0.15, -0.1) is 11.6 Å². The van der Waals surface area contributed by atoms with Gasteiger partial charge in [0, 0.05) is 17.6 Å². The summed E-state index contributed by atoms with van der Waals surface area (Å²) in [6.07, 6.45) is 2.28. The smallest absolute Gasteiger partial charge is 0.128 e. The van der Waals surface area contributed by atoms with Crippen LogP contribution >= 0.6 is 27.5 Å². The summed E-state index contributed by atoms with van der Waals surface area (Å²) in [5, 5.41) is 0.268. The average Bonchev–Trinajstić information content (AvgIpc) is 2.22. The van der Waals surface area contributed by atoms with Crippen molar-refractivity contribution in [2.24, 2.45) is 0 Å². The molecular weight excluding hydrogens is 275 g/mol. The van der Waals surface area contributed by atoms with E-state index in [-0.39, 0.29) is 5.38 Å². The molecular formula is C11H14BrClN2. The van der Waals surface area contributed by atoms with Crippen molar-refractivity contribution in [3.63, 3.8) is 0 Å². The summed E-state index contributed by atoms with van der Waals surface area (Å²) in [6, 6.07) is 4.10. The Morgan fingerprint density at radius 3 is 3.00 bits per heavy atom. The molecule has 0 aromatic carbocycles. The van der Waals surface area contributed by atoms with Crippen LogP contribution < -0.4 is 4.90 Å². The number of hydrogen-bond donors (Lipinski definition) is 0. The van der Waals surface area contributed by atoms with Gasteiger partial charge in [-0.05, 0) is 47.8 Å². The van der Waals surface area contributed by atoms with Gasteiger partial charge in [0.15, 0.2) is 0 Å². The largest absolute Gasteiger partial charge is 0.355 e. The van der Waals surface area contributed by atoms with E-state index >= 15 is 0 Å². The molecule has 2 rings (SSSR count). The van der Waals surface area contributed by atoms with E-state index in [4.69, 9.17) is 11.6 Å². The lowest BCUT2D eigenvalue weighted by molar-refractivity contribution is 0.579. The number of alkyl halides is 1. The molecule has 0 bridgehead atoms. The van der Waals surface area contributed by atoms with E-state index in [0.717, 1.165) is 41.9 Å². The van der Waals surface area contributed by atoms with Crippen LogP contribution in [0.15, 0.2) is 16.6 Å². The lowest BCUT2D eigenvalue weighted by atomic mass is 10.1. The Morgan fingerprint density at radius 1 is 1.53 bits per heavy atom. The summed E-state index contributed by atoms with van der Waals surface area (Å²) in [5.74, 6) is 1.04. The highest BCUT2D eigenvalue weighted by Gasteiger charge is 2.19. The van der Waals surface area contributed by atoms with Crippen LogP contribution in [0.25, 0.3) is 0 Å². The Morgan fingerprint density at radius 2 is 2.33 bits per heavy atom. The average molecular weight is 290 g/mol. The molecule has 0 aliphatic carbocycles. The van der Waals surface area contributed by atoms with Gasteiger partial charge in [0.2, 0.25) is 0 Å². The number of rotatable bonds is 1. The number of hydrogen-bond acceptors (Lipinski definition) is 2. The summed E-state index contributed by atoms with van der Waals surface area (Å²) < 4.78 is 1.06. The molecule has 2 heterocycles. The van der Waals surface area contributed by atoms with E-state index in [2.05, 4.69) is 31.9 Å².